The lowest BCUT2D eigenvalue weighted by Gasteiger charge is -2.27. The Kier molecular flexibility index (Phi) is 1.90. The van der Waals surface area contributed by atoms with Crippen molar-refractivity contribution in [1.29, 1.82) is 0 Å². The molecular formula is C5H13N2O2P. The summed E-state index contributed by atoms with van der Waals surface area (Å²) in [5.41, 5.74) is 0. The number of nitrogens with one attached hydrogen (secondary N) is 2. The van der Waals surface area contributed by atoms with E-state index in [9.17, 15) is 9.46 Å². The highest BCUT2D eigenvalue weighted by atomic mass is 31.2. The topological polar surface area (TPSA) is 61.4 Å². The molecule has 1 aliphatic heterocycles. The van der Waals surface area contributed by atoms with Gasteiger partial charge in [0, 0.05) is 19.8 Å². The van der Waals surface area contributed by atoms with Crippen molar-refractivity contribution in [1.82, 2.24) is 10.6 Å². The van der Waals surface area contributed by atoms with E-state index in [1.54, 1.807) is 6.92 Å². The highest BCUT2D eigenvalue weighted by Crippen LogP contribution is 2.47. The van der Waals surface area contributed by atoms with Crippen molar-refractivity contribution in [3.05, 3.63) is 0 Å². The standard InChI is InChI=1S/C5H13N2O2P/c1-5(10(2,8)9)6-3-4-7-5/h6-7H,3-4H2,1-2H3,(H,8,9). The molecule has 0 aromatic heterocycles. The second-order valence-electron chi connectivity index (χ2n) is 2.80. The van der Waals surface area contributed by atoms with E-state index >= 15 is 0 Å². The molecule has 0 aromatic carbocycles. The van der Waals surface area contributed by atoms with Gasteiger partial charge in [0.15, 0.2) is 0 Å². The largest absolute Gasteiger partial charge is 0.342 e. The highest BCUT2D eigenvalue weighted by molar-refractivity contribution is 7.58. The van der Waals surface area contributed by atoms with Gasteiger partial charge < -0.3 is 4.89 Å². The zero-order chi connectivity index (χ0) is 7.83. The second-order valence-corrected chi connectivity index (χ2v) is 5.46. The molecule has 0 radical (unpaired) electrons. The summed E-state index contributed by atoms with van der Waals surface area (Å²) in [4.78, 5) is 9.21. The molecule has 4 nitrogen and oxygen atoms in total. The van der Waals surface area contributed by atoms with E-state index in [1.165, 1.54) is 6.66 Å². The van der Waals surface area contributed by atoms with Crippen LogP contribution < -0.4 is 10.6 Å². The zero-order valence-corrected chi connectivity index (χ0v) is 7.11. The van der Waals surface area contributed by atoms with Crippen molar-refractivity contribution in [3.8, 4) is 0 Å². The first-order valence-electron chi connectivity index (χ1n) is 3.26. The van der Waals surface area contributed by atoms with Gasteiger partial charge >= 0.3 is 0 Å². The van der Waals surface area contributed by atoms with Crippen molar-refractivity contribution >= 4 is 7.37 Å². The third-order valence-electron chi connectivity index (χ3n) is 1.89. The van der Waals surface area contributed by atoms with Gasteiger partial charge in [-0.1, -0.05) is 0 Å². The molecule has 60 valence electrons. The molecule has 1 aliphatic rings. The Morgan fingerprint density at radius 3 is 2.10 bits per heavy atom. The summed E-state index contributed by atoms with van der Waals surface area (Å²) in [5, 5.41) is 5.14. The van der Waals surface area contributed by atoms with Crippen molar-refractivity contribution in [3.63, 3.8) is 0 Å². The number of hydrogen-bond donors (Lipinski definition) is 3. The molecule has 1 rings (SSSR count). The van der Waals surface area contributed by atoms with Crippen LogP contribution in [0.2, 0.25) is 0 Å². The molecular weight excluding hydrogens is 151 g/mol. The fourth-order valence-corrected chi connectivity index (χ4v) is 1.78. The minimum Gasteiger partial charge on any atom is -0.342 e. The molecule has 1 fully saturated rings. The fraction of sp³-hybridized carbons (Fsp3) is 1.00. The average Bonchev–Trinajstić information content (AvgIpc) is 2.13. The van der Waals surface area contributed by atoms with E-state index in [0.29, 0.717) is 0 Å². The van der Waals surface area contributed by atoms with Crippen LogP contribution in [0.4, 0.5) is 0 Å². The van der Waals surface area contributed by atoms with E-state index in [1.807, 2.05) is 0 Å². The monoisotopic (exact) mass is 164 g/mol. The van der Waals surface area contributed by atoms with E-state index in [-0.39, 0.29) is 0 Å². The lowest BCUT2D eigenvalue weighted by atomic mass is 10.6. The van der Waals surface area contributed by atoms with E-state index in [2.05, 4.69) is 10.6 Å². The molecule has 0 aliphatic carbocycles. The first-order chi connectivity index (χ1) is 4.46. The van der Waals surface area contributed by atoms with Gasteiger partial charge in [0.25, 0.3) is 0 Å². The maximum absolute atomic E-state index is 11.2. The quantitative estimate of drug-likeness (QED) is 0.468. The van der Waals surface area contributed by atoms with E-state index < -0.39 is 12.8 Å². The molecule has 3 N–H and O–H groups in total. The van der Waals surface area contributed by atoms with Crippen molar-refractivity contribution in [2.45, 2.75) is 12.3 Å². The third kappa shape index (κ3) is 1.25. The lowest BCUT2D eigenvalue weighted by Crippen LogP contribution is -2.45. The average molecular weight is 164 g/mol. The smallest absolute Gasteiger partial charge is 0.230 e. The predicted molar refractivity (Wildman–Crippen MR) is 40.2 cm³/mol. The first kappa shape index (κ1) is 8.21. The Balaban J connectivity index is 2.78. The van der Waals surface area contributed by atoms with Gasteiger partial charge in [-0.3, -0.25) is 15.2 Å². The molecule has 0 spiro atoms. The Labute approximate surface area is 60.5 Å². The highest BCUT2D eigenvalue weighted by Gasteiger charge is 2.41. The van der Waals surface area contributed by atoms with E-state index in [4.69, 9.17) is 0 Å². The Bertz CT molecular complexity index is 170. The summed E-state index contributed by atoms with van der Waals surface area (Å²) < 4.78 is 11.2. The van der Waals surface area contributed by atoms with Gasteiger partial charge in [-0.2, -0.15) is 0 Å². The van der Waals surface area contributed by atoms with Gasteiger partial charge in [-0.15, -0.1) is 0 Å². The molecule has 1 atom stereocenters. The van der Waals surface area contributed by atoms with Gasteiger partial charge in [-0.05, 0) is 6.92 Å². The van der Waals surface area contributed by atoms with Crippen molar-refractivity contribution in [2.24, 2.45) is 0 Å². The summed E-state index contributed by atoms with van der Waals surface area (Å²) in [6.45, 7) is 4.59. The maximum Gasteiger partial charge on any atom is 0.230 e. The maximum atomic E-state index is 11.2. The van der Waals surface area contributed by atoms with Crippen LogP contribution >= 0.6 is 7.37 Å². The van der Waals surface area contributed by atoms with Crippen LogP contribution in [0.25, 0.3) is 0 Å². The summed E-state index contributed by atoms with van der Waals surface area (Å²) in [7, 11) is -3.05. The third-order valence-corrected chi connectivity index (χ3v) is 3.87. The summed E-state index contributed by atoms with van der Waals surface area (Å²) in [6, 6.07) is 0. The number of hydrogen-bond acceptors (Lipinski definition) is 3. The second kappa shape index (κ2) is 2.31. The zero-order valence-electron chi connectivity index (χ0n) is 6.22. The Morgan fingerprint density at radius 1 is 1.50 bits per heavy atom. The van der Waals surface area contributed by atoms with Gasteiger partial charge in [0.1, 0.15) is 5.40 Å². The van der Waals surface area contributed by atoms with Crippen LogP contribution in [0, 0.1) is 0 Å². The molecule has 10 heavy (non-hydrogen) atoms. The van der Waals surface area contributed by atoms with Crippen LogP contribution in [0.1, 0.15) is 6.92 Å². The summed E-state index contributed by atoms with van der Waals surface area (Å²) in [5.74, 6) is 0. The molecule has 0 aromatic rings. The minimum absolute atomic E-state index is 0.757. The fourth-order valence-electron chi connectivity index (χ4n) is 0.968. The molecule has 1 unspecified atom stereocenters. The molecule has 0 bridgehead atoms. The molecule has 0 amide bonds. The molecule has 1 heterocycles. The van der Waals surface area contributed by atoms with Gasteiger partial charge in [0.2, 0.25) is 7.37 Å². The molecule has 0 saturated carbocycles. The molecule has 1 saturated heterocycles. The lowest BCUT2D eigenvalue weighted by molar-refractivity contribution is 0.400. The molecule has 5 heteroatoms. The summed E-state index contributed by atoms with van der Waals surface area (Å²) in [6.07, 6.45) is 0. The van der Waals surface area contributed by atoms with Crippen LogP contribution in [-0.2, 0) is 4.57 Å². The van der Waals surface area contributed by atoms with Crippen molar-refractivity contribution < 1.29 is 9.46 Å². The van der Waals surface area contributed by atoms with Crippen LogP contribution in [0.3, 0.4) is 0 Å². The first-order valence-corrected chi connectivity index (χ1v) is 5.37. The Hall–Kier alpha value is 0.110. The normalized spacial score (nSPS) is 29.9. The van der Waals surface area contributed by atoms with E-state index in [0.717, 1.165) is 13.1 Å². The Morgan fingerprint density at radius 2 is 1.90 bits per heavy atom. The van der Waals surface area contributed by atoms with Crippen LogP contribution in [0.5, 0.6) is 0 Å². The van der Waals surface area contributed by atoms with Gasteiger partial charge in [-0.25, -0.2) is 0 Å². The van der Waals surface area contributed by atoms with Crippen LogP contribution in [0.15, 0.2) is 0 Å². The predicted octanol–water partition coefficient (Wildman–Crippen LogP) is -0.247. The van der Waals surface area contributed by atoms with Gasteiger partial charge in [0.05, 0.1) is 0 Å². The SMILES string of the molecule is CC1(P(C)(=O)O)NCCN1. The van der Waals surface area contributed by atoms with Crippen LogP contribution in [-0.4, -0.2) is 30.1 Å². The minimum atomic E-state index is -3.05. The summed E-state index contributed by atoms with van der Waals surface area (Å²) >= 11 is 0. The number of rotatable bonds is 1. The van der Waals surface area contributed by atoms with Crippen molar-refractivity contribution in [2.75, 3.05) is 19.8 Å².